The standard InChI is InChI=1S/C21H17FN2O4S/c1-11(28-14-5-7-17(23-10-14)20(25)12-2-3-12)19-9-18(24-29-19)15-6-4-13(21(26)27)8-16(15)22/h4-12H,2-3H2,1H3,(H,26,27). The van der Waals surface area contributed by atoms with E-state index >= 15 is 0 Å². The van der Waals surface area contributed by atoms with E-state index in [1.165, 1.54) is 29.9 Å². The number of carbonyl (C=O) groups excluding carboxylic acids is 1. The van der Waals surface area contributed by atoms with E-state index in [0.717, 1.165) is 23.8 Å². The second kappa shape index (κ2) is 7.71. The van der Waals surface area contributed by atoms with Gasteiger partial charge >= 0.3 is 5.97 Å². The van der Waals surface area contributed by atoms with Crippen LogP contribution < -0.4 is 4.74 Å². The number of hydrogen-bond donors (Lipinski definition) is 1. The number of rotatable bonds is 7. The summed E-state index contributed by atoms with van der Waals surface area (Å²) in [5.74, 6) is -1.11. The Morgan fingerprint density at radius 1 is 1.24 bits per heavy atom. The third-order valence-electron chi connectivity index (χ3n) is 4.67. The predicted octanol–water partition coefficient (Wildman–Crippen LogP) is 4.78. The number of Topliss-reactive ketones (excluding diaryl/α,β-unsaturated/α-hetero) is 1. The summed E-state index contributed by atoms with van der Waals surface area (Å²) >= 11 is 1.18. The number of benzene rings is 1. The average Bonchev–Trinajstić information content (AvgIpc) is 3.44. The monoisotopic (exact) mass is 412 g/mol. The van der Waals surface area contributed by atoms with Crippen molar-refractivity contribution in [1.29, 1.82) is 0 Å². The molecule has 0 spiro atoms. The van der Waals surface area contributed by atoms with Gasteiger partial charge in [0.2, 0.25) is 0 Å². The molecule has 3 aromatic rings. The summed E-state index contributed by atoms with van der Waals surface area (Å²) in [5, 5.41) is 8.94. The lowest BCUT2D eigenvalue weighted by Gasteiger charge is -2.12. The summed E-state index contributed by atoms with van der Waals surface area (Å²) in [4.78, 5) is 27.9. The van der Waals surface area contributed by atoms with E-state index in [4.69, 9.17) is 9.84 Å². The van der Waals surface area contributed by atoms with Crippen molar-refractivity contribution in [3.8, 4) is 17.0 Å². The molecule has 4 rings (SSSR count). The van der Waals surface area contributed by atoms with Crippen LogP contribution in [-0.2, 0) is 0 Å². The zero-order chi connectivity index (χ0) is 20.5. The summed E-state index contributed by atoms with van der Waals surface area (Å²) in [5.41, 5.74) is 0.982. The van der Waals surface area contributed by atoms with Crippen molar-refractivity contribution < 1.29 is 23.8 Å². The Bertz CT molecular complexity index is 1080. The number of carbonyl (C=O) groups is 2. The minimum absolute atomic E-state index is 0.0765. The predicted molar refractivity (Wildman–Crippen MR) is 105 cm³/mol. The van der Waals surface area contributed by atoms with Gasteiger partial charge in [-0.15, -0.1) is 0 Å². The number of aromatic carboxylic acids is 1. The van der Waals surface area contributed by atoms with Crippen LogP contribution >= 0.6 is 11.5 Å². The molecule has 1 aliphatic carbocycles. The van der Waals surface area contributed by atoms with Crippen LogP contribution in [0.2, 0.25) is 0 Å². The Morgan fingerprint density at radius 2 is 2.03 bits per heavy atom. The maximum Gasteiger partial charge on any atom is 0.335 e. The zero-order valence-corrected chi connectivity index (χ0v) is 16.3. The Morgan fingerprint density at radius 3 is 2.66 bits per heavy atom. The van der Waals surface area contributed by atoms with Gasteiger partial charge in [-0.25, -0.2) is 14.2 Å². The minimum Gasteiger partial charge on any atom is -0.484 e. The van der Waals surface area contributed by atoms with E-state index in [9.17, 15) is 14.0 Å². The van der Waals surface area contributed by atoms with Crippen molar-refractivity contribution in [3.05, 3.63) is 64.5 Å². The fraction of sp³-hybridized carbons (Fsp3) is 0.238. The molecule has 0 saturated heterocycles. The molecular weight excluding hydrogens is 395 g/mol. The first kappa shape index (κ1) is 19.2. The van der Waals surface area contributed by atoms with Gasteiger partial charge in [-0.05, 0) is 67.7 Å². The van der Waals surface area contributed by atoms with Crippen LogP contribution in [0, 0.1) is 11.7 Å². The fourth-order valence-electron chi connectivity index (χ4n) is 2.88. The molecule has 1 saturated carbocycles. The number of pyridine rings is 1. The van der Waals surface area contributed by atoms with E-state index in [0.29, 0.717) is 17.1 Å². The topological polar surface area (TPSA) is 89.4 Å². The van der Waals surface area contributed by atoms with Gasteiger partial charge in [0.15, 0.2) is 5.78 Å². The second-order valence-electron chi connectivity index (χ2n) is 6.89. The highest BCUT2D eigenvalue weighted by Crippen LogP contribution is 2.33. The highest BCUT2D eigenvalue weighted by molar-refractivity contribution is 7.06. The molecule has 1 aromatic carbocycles. The van der Waals surface area contributed by atoms with Crippen molar-refractivity contribution in [2.24, 2.45) is 5.92 Å². The lowest BCUT2D eigenvalue weighted by Crippen LogP contribution is -2.05. The second-order valence-corrected chi connectivity index (χ2v) is 7.73. The molecule has 8 heteroatoms. The lowest BCUT2D eigenvalue weighted by molar-refractivity contribution is 0.0696. The molecule has 0 amide bonds. The van der Waals surface area contributed by atoms with Gasteiger partial charge in [0.25, 0.3) is 0 Å². The largest absolute Gasteiger partial charge is 0.484 e. The molecule has 2 heterocycles. The quantitative estimate of drug-likeness (QED) is 0.562. The number of nitrogens with zero attached hydrogens (tertiary/aromatic N) is 2. The molecule has 6 nitrogen and oxygen atoms in total. The lowest BCUT2D eigenvalue weighted by atomic mass is 10.1. The van der Waals surface area contributed by atoms with Gasteiger partial charge in [0, 0.05) is 11.5 Å². The van der Waals surface area contributed by atoms with Crippen LogP contribution in [0.3, 0.4) is 0 Å². The number of carboxylic acids is 1. The van der Waals surface area contributed by atoms with E-state index < -0.39 is 11.8 Å². The zero-order valence-electron chi connectivity index (χ0n) is 15.5. The van der Waals surface area contributed by atoms with Crippen LogP contribution in [0.1, 0.15) is 51.6 Å². The summed E-state index contributed by atoms with van der Waals surface area (Å²) in [6.07, 6.45) is 3.04. The van der Waals surface area contributed by atoms with Gasteiger partial charge in [-0.2, -0.15) is 4.37 Å². The number of halogens is 1. The van der Waals surface area contributed by atoms with Crippen LogP contribution in [-0.4, -0.2) is 26.2 Å². The van der Waals surface area contributed by atoms with Gasteiger partial charge in [-0.1, -0.05) is 0 Å². The molecule has 29 heavy (non-hydrogen) atoms. The summed E-state index contributed by atoms with van der Waals surface area (Å²) in [7, 11) is 0. The molecule has 1 aliphatic rings. The van der Waals surface area contributed by atoms with Crippen molar-refractivity contribution in [2.45, 2.75) is 25.9 Å². The summed E-state index contributed by atoms with van der Waals surface area (Å²) < 4.78 is 24.4. The number of ketones is 1. The van der Waals surface area contributed by atoms with Gasteiger partial charge in [-0.3, -0.25) is 4.79 Å². The van der Waals surface area contributed by atoms with Crippen LogP contribution in [0.5, 0.6) is 5.75 Å². The molecule has 1 N–H and O–H groups in total. The highest BCUT2D eigenvalue weighted by atomic mass is 32.1. The third-order valence-corrected chi connectivity index (χ3v) is 5.62. The molecule has 1 atom stereocenters. The van der Waals surface area contributed by atoms with E-state index in [1.54, 1.807) is 18.2 Å². The normalized spacial score (nSPS) is 14.4. The van der Waals surface area contributed by atoms with Crippen molar-refractivity contribution in [1.82, 2.24) is 9.36 Å². The SMILES string of the molecule is CC(Oc1ccc(C(=O)C2CC2)nc1)c1cc(-c2ccc(C(=O)O)cc2F)ns1. The van der Waals surface area contributed by atoms with Gasteiger partial charge < -0.3 is 9.84 Å². The first-order valence-electron chi connectivity index (χ1n) is 9.09. The van der Waals surface area contributed by atoms with E-state index in [2.05, 4.69) is 9.36 Å². The first-order valence-corrected chi connectivity index (χ1v) is 9.86. The summed E-state index contributed by atoms with van der Waals surface area (Å²) in [6, 6.07) is 8.82. The molecule has 0 aliphatic heterocycles. The minimum atomic E-state index is -1.19. The number of ether oxygens (including phenoxy) is 1. The first-order chi connectivity index (χ1) is 13.9. The van der Waals surface area contributed by atoms with Crippen LogP contribution in [0.25, 0.3) is 11.3 Å². The van der Waals surface area contributed by atoms with Crippen molar-refractivity contribution in [3.63, 3.8) is 0 Å². The van der Waals surface area contributed by atoms with Gasteiger partial charge in [0.05, 0.1) is 22.3 Å². The summed E-state index contributed by atoms with van der Waals surface area (Å²) in [6.45, 7) is 1.84. The van der Waals surface area contributed by atoms with Gasteiger partial charge in [0.1, 0.15) is 23.4 Å². The van der Waals surface area contributed by atoms with Crippen molar-refractivity contribution in [2.75, 3.05) is 0 Å². The Labute approximate surface area is 170 Å². The molecule has 0 bridgehead atoms. The Balaban J connectivity index is 1.46. The fourth-order valence-corrected chi connectivity index (χ4v) is 3.59. The number of hydrogen-bond acceptors (Lipinski definition) is 6. The molecule has 1 fully saturated rings. The third kappa shape index (κ3) is 4.17. The van der Waals surface area contributed by atoms with Crippen LogP contribution in [0.15, 0.2) is 42.6 Å². The van der Waals surface area contributed by atoms with Crippen molar-refractivity contribution >= 4 is 23.3 Å². The van der Waals surface area contributed by atoms with Crippen LogP contribution in [0.4, 0.5) is 4.39 Å². The smallest absolute Gasteiger partial charge is 0.335 e. The number of aromatic nitrogens is 2. The number of carboxylic acid groups (broad SMARTS) is 1. The maximum absolute atomic E-state index is 14.3. The Kier molecular flexibility index (Phi) is 5.10. The van der Waals surface area contributed by atoms with E-state index in [1.807, 2.05) is 6.92 Å². The molecule has 148 valence electrons. The molecule has 1 unspecified atom stereocenters. The van der Waals surface area contributed by atoms with E-state index in [-0.39, 0.29) is 28.9 Å². The Hall–Kier alpha value is -3.13. The molecular formula is C21H17FN2O4S. The molecule has 2 aromatic heterocycles. The highest BCUT2D eigenvalue weighted by Gasteiger charge is 2.31. The molecule has 0 radical (unpaired) electrons. The average molecular weight is 412 g/mol. The maximum atomic E-state index is 14.3.